The molecule has 0 radical (unpaired) electrons. The number of benzene rings is 1. The normalized spacial score (nSPS) is 10.7. The fraction of sp³-hybridized carbons (Fsp3) is 0.250. The summed E-state index contributed by atoms with van der Waals surface area (Å²) in [6.07, 6.45) is -2.60. The van der Waals surface area contributed by atoms with Gasteiger partial charge in [0.05, 0.1) is 5.56 Å². The van der Waals surface area contributed by atoms with Crippen LogP contribution in [0.5, 0.6) is 0 Å². The largest absolute Gasteiger partial charge is 0.416 e. The third-order valence-electron chi connectivity index (χ3n) is 1.77. The van der Waals surface area contributed by atoms with Gasteiger partial charge < -0.3 is 0 Å². The minimum Gasteiger partial charge on any atom is -0.166 e. The minimum absolute atomic E-state index is 0.628. The van der Waals surface area contributed by atoms with E-state index >= 15 is 0 Å². The lowest BCUT2D eigenvalue weighted by Gasteiger charge is -2.05. The molecule has 0 amide bonds. The topological polar surface area (TPSA) is 0 Å². The molecule has 80 valence electrons. The van der Waals surface area contributed by atoms with Gasteiger partial charge in [-0.05, 0) is 43.2 Å². The van der Waals surface area contributed by atoms with Crippen LogP contribution < -0.4 is 0 Å². The molecule has 0 aliphatic carbocycles. The standard InChI is InChI=1S/C12H11F3/c1-9(2)3-4-10-5-7-11(8-6-10)12(13,14)15/h4-8H,1-2H3. The molecular formula is C12H11F3. The van der Waals surface area contributed by atoms with Crippen molar-refractivity contribution in [3.8, 4) is 0 Å². The quantitative estimate of drug-likeness (QED) is 0.609. The zero-order chi connectivity index (χ0) is 11.5. The fourth-order valence-electron chi connectivity index (χ4n) is 0.996. The average molecular weight is 212 g/mol. The van der Waals surface area contributed by atoms with E-state index in [1.807, 2.05) is 13.8 Å². The van der Waals surface area contributed by atoms with Crippen molar-refractivity contribution in [1.29, 1.82) is 0 Å². The Morgan fingerprint density at radius 1 is 1.13 bits per heavy atom. The van der Waals surface area contributed by atoms with E-state index in [0.29, 0.717) is 5.56 Å². The van der Waals surface area contributed by atoms with Gasteiger partial charge in [-0.1, -0.05) is 12.1 Å². The van der Waals surface area contributed by atoms with E-state index in [9.17, 15) is 13.2 Å². The SMILES string of the molecule is CC(C)=C=Cc1ccc(C(F)(F)F)cc1. The van der Waals surface area contributed by atoms with E-state index in [-0.39, 0.29) is 0 Å². The summed E-state index contributed by atoms with van der Waals surface area (Å²) in [7, 11) is 0. The Kier molecular flexibility index (Phi) is 3.38. The van der Waals surface area contributed by atoms with Crippen molar-refractivity contribution in [2.75, 3.05) is 0 Å². The molecule has 0 nitrogen and oxygen atoms in total. The highest BCUT2D eigenvalue weighted by Crippen LogP contribution is 2.29. The molecule has 0 aromatic heterocycles. The molecule has 0 heterocycles. The monoisotopic (exact) mass is 212 g/mol. The molecular weight excluding hydrogens is 201 g/mol. The van der Waals surface area contributed by atoms with Crippen molar-refractivity contribution < 1.29 is 13.2 Å². The van der Waals surface area contributed by atoms with Gasteiger partial charge in [-0.2, -0.15) is 13.2 Å². The smallest absolute Gasteiger partial charge is 0.166 e. The summed E-state index contributed by atoms with van der Waals surface area (Å²) >= 11 is 0. The molecule has 15 heavy (non-hydrogen) atoms. The lowest BCUT2D eigenvalue weighted by atomic mass is 10.1. The number of hydrogen-bond acceptors (Lipinski definition) is 0. The van der Waals surface area contributed by atoms with Crippen LogP contribution in [-0.4, -0.2) is 0 Å². The molecule has 0 bridgehead atoms. The first-order valence-electron chi connectivity index (χ1n) is 4.47. The molecule has 0 saturated heterocycles. The third-order valence-corrected chi connectivity index (χ3v) is 1.77. The average Bonchev–Trinajstić information content (AvgIpc) is 2.14. The summed E-state index contributed by atoms with van der Waals surface area (Å²) in [4.78, 5) is 0. The van der Waals surface area contributed by atoms with Crippen LogP contribution in [0.15, 0.2) is 35.6 Å². The van der Waals surface area contributed by atoms with Crippen molar-refractivity contribution in [3.05, 3.63) is 46.7 Å². The first-order chi connectivity index (χ1) is 6.89. The molecule has 1 aromatic carbocycles. The fourth-order valence-corrected chi connectivity index (χ4v) is 0.996. The van der Waals surface area contributed by atoms with Crippen LogP contribution in [0.1, 0.15) is 25.0 Å². The lowest BCUT2D eigenvalue weighted by molar-refractivity contribution is -0.137. The summed E-state index contributed by atoms with van der Waals surface area (Å²) in [6, 6.07) is 4.99. The minimum atomic E-state index is -4.27. The molecule has 0 atom stereocenters. The molecule has 3 heteroatoms. The Labute approximate surface area is 86.7 Å². The van der Waals surface area contributed by atoms with Crippen LogP contribution in [0, 0.1) is 0 Å². The van der Waals surface area contributed by atoms with Crippen molar-refractivity contribution in [2.45, 2.75) is 20.0 Å². The van der Waals surface area contributed by atoms with Crippen molar-refractivity contribution in [1.82, 2.24) is 0 Å². The van der Waals surface area contributed by atoms with Gasteiger partial charge in [-0.15, -0.1) is 5.73 Å². The predicted molar refractivity (Wildman–Crippen MR) is 54.3 cm³/mol. The van der Waals surface area contributed by atoms with E-state index in [2.05, 4.69) is 5.73 Å². The highest BCUT2D eigenvalue weighted by atomic mass is 19.4. The van der Waals surface area contributed by atoms with Gasteiger partial charge in [0.15, 0.2) is 0 Å². The Bertz CT molecular complexity index is 386. The molecule has 0 aliphatic heterocycles. The number of alkyl halides is 3. The van der Waals surface area contributed by atoms with E-state index in [0.717, 1.165) is 17.7 Å². The van der Waals surface area contributed by atoms with Crippen molar-refractivity contribution in [2.24, 2.45) is 0 Å². The molecule has 0 unspecified atom stereocenters. The maximum Gasteiger partial charge on any atom is 0.416 e. The van der Waals surface area contributed by atoms with Crippen LogP contribution in [0.3, 0.4) is 0 Å². The summed E-state index contributed by atoms with van der Waals surface area (Å²) < 4.78 is 36.6. The van der Waals surface area contributed by atoms with E-state index in [1.165, 1.54) is 12.1 Å². The van der Waals surface area contributed by atoms with Crippen molar-refractivity contribution >= 4 is 6.08 Å². The molecule has 1 rings (SSSR count). The highest BCUT2D eigenvalue weighted by Gasteiger charge is 2.29. The summed E-state index contributed by atoms with van der Waals surface area (Å²) in [6.45, 7) is 3.75. The maximum atomic E-state index is 12.2. The van der Waals surface area contributed by atoms with Crippen LogP contribution >= 0.6 is 0 Å². The van der Waals surface area contributed by atoms with E-state index in [4.69, 9.17) is 0 Å². The number of rotatable bonds is 1. The molecule has 0 aliphatic rings. The Morgan fingerprint density at radius 3 is 2.07 bits per heavy atom. The molecule has 1 aromatic rings. The summed E-state index contributed by atoms with van der Waals surface area (Å²) in [5, 5.41) is 0. The lowest BCUT2D eigenvalue weighted by Crippen LogP contribution is -2.03. The van der Waals surface area contributed by atoms with Crippen LogP contribution in [0.4, 0.5) is 13.2 Å². The first kappa shape index (κ1) is 11.6. The van der Waals surface area contributed by atoms with Gasteiger partial charge in [0, 0.05) is 0 Å². The third kappa shape index (κ3) is 3.64. The number of allylic oxidation sites excluding steroid dienone is 1. The molecule has 0 N–H and O–H groups in total. The second-order valence-electron chi connectivity index (χ2n) is 3.41. The van der Waals surface area contributed by atoms with Gasteiger partial charge in [0.1, 0.15) is 0 Å². The number of halogens is 3. The van der Waals surface area contributed by atoms with Crippen LogP contribution in [0.25, 0.3) is 6.08 Å². The Morgan fingerprint density at radius 2 is 1.67 bits per heavy atom. The number of hydrogen-bond donors (Lipinski definition) is 0. The molecule has 0 fully saturated rings. The second kappa shape index (κ2) is 4.37. The Hall–Kier alpha value is -1.47. The van der Waals surface area contributed by atoms with Crippen molar-refractivity contribution in [3.63, 3.8) is 0 Å². The first-order valence-corrected chi connectivity index (χ1v) is 4.47. The van der Waals surface area contributed by atoms with Gasteiger partial charge >= 0.3 is 6.18 Å². The summed E-state index contributed by atoms with van der Waals surface area (Å²) in [5.74, 6) is 0. The van der Waals surface area contributed by atoms with Gasteiger partial charge in [-0.3, -0.25) is 0 Å². The zero-order valence-corrected chi connectivity index (χ0v) is 8.52. The maximum absolute atomic E-state index is 12.2. The van der Waals surface area contributed by atoms with Crippen LogP contribution in [-0.2, 0) is 6.18 Å². The second-order valence-corrected chi connectivity index (χ2v) is 3.41. The zero-order valence-electron chi connectivity index (χ0n) is 8.52. The van der Waals surface area contributed by atoms with E-state index in [1.54, 1.807) is 6.08 Å². The Balaban J connectivity index is 2.96. The molecule has 0 spiro atoms. The predicted octanol–water partition coefficient (Wildman–Crippen LogP) is 4.28. The molecule has 0 saturated carbocycles. The van der Waals surface area contributed by atoms with Gasteiger partial charge in [0.25, 0.3) is 0 Å². The van der Waals surface area contributed by atoms with E-state index < -0.39 is 11.7 Å². The highest BCUT2D eigenvalue weighted by molar-refractivity contribution is 5.49. The van der Waals surface area contributed by atoms with Gasteiger partial charge in [0.2, 0.25) is 0 Å². The van der Waals surface area contributed by atoms with Crippen LogP contribution in [0.2, 0.25) is 0 Å². The summed E-state index contributed by atoms with van der Waals surface area (Å²) in [5.41, 5.74) is 4.00. The van der Waals surface area contributed by atoms with Gasteiger partial charge in [-0.25, -0.2) is 0 Å².